The molecule has 414 valence electrons. The van der Waals surface area contributed by atoms with Gasteiger partial charge < -0.3 is 61.6 Å². The van der Waals surface area contributed by atoms with Crippen molar-refractivity contribution in [2.24, 2.45) is 17.6 Å². The van der Waals surface area contributed by atoms with Gasteiger partial charge in [0.05, 0.1) is 32.1 Å². The van der Waals surface area contributed by atoms with Gasteiger partial charge >= 0.3 is 12.1 Å². The lowest BCUT2D eigenvalue weighted by Crippen LogP contribution is -2.55. The number of primary amides is 1. The number of amides is 8. The topological polar surface area (TPSA) is 341 Å². The van der Waals surface area contributed by atoms with Crippen LogP contribution in [0.2, 0.25) is 0 Å². The molecule has 2 aromatic carbocycles. The standard InChI is InChI=1S/C52H68N12O13/c1-30(2)42(60-39(67)11-7-6-8-23-63-40(68)20-21-41(63)69)37(66)25-33(10-9-22-54-51(53)73)48(71)58-34-16-12-32(13-17-34)27-76-52(74)59-36(24-31-14-18-35(75-5)19-15-31)49(72)61-43-38(26-65)77-50(45(43)70)64-29-57-44-46(62(3)4)55-28-56-47(44)64/h12-21,28-30,33,36,38,42-43,45,50,65,70H,6-11,22-27H2,1-5H3,(H,58,71)(H,59,74)(H,60,67)(H,61,72)(H3,53,54,73)/t33-,36+,38-,42+,43-,45-,50-/m1/s1. The maximum Gasteiger partial charge on any atom is 0.408 e. The van der Waals surface area contributed by atoms with Crippen LogP contribution < -0.4 is 42.0 Å². The van der Waals surface area contributed by atoms with Gasteiger partial charge in [0.25, 0.3) is 11.8 Å². The molecule has 25 heteroatoms. The molecule has 8 amide bonds. The van der Waals surface area contributed by atoms with Crippen LogP contribution in [0.5, 0.6) is 5.75 Å². The minimum absolute atomic E-state index is 0.0116. The van der Waals surface area contributed by atoms with Gasteiger partial charge in [-0.3, -0.25) is 38.2 Å². The maximum absolute atomic E-state index is 14.1. The lowest BCUT2D eigenvalue weighted by Gasteiger charge is -2.25. The summed E-state index contributed by atoms with van der Waals surface area (Å²) in [4.78, 5) is 119. The summed E-state index contributed by atoms with van der Waals surface area (Å²) in [5.74, 6) is -2.70. The molecule has 1 saturated heterocycles. The van der Waals surface area contributed by atoms with E-state index in [4.69, 9.17) is 19.9 Å². The fraction of sp³-hybridized carbons (Fsp3) is 0.481. The number of Topliss-reactive ketones (excluding diaryl/α,β-unsaturated/α-hetero) is 1. The third-order valence-electron chi connectivity index (χ3n) is 13.1. The summed E-state index contributed by atoms with van der Waals surface area (Å²) >= 11 is 0. The second-order valence-corrected chi connectivity index (χ2v) is 19.3. The molecule has 0 spiro atoms. The molecule has 6 rings (SSSR count). The van der Waals surface area contributed by atoms with Gasteiger partial charge in [0.2, 0.25) is 17.7 Å². The zero-order valence-corrected chi connectivity index (χ0v) is 43.7. The monoisotopic (exact) mass is 1070 g/mol. The fourth-order valence-corrected chi connectivity index (χ4v) is 8.90. The first-order valence-corrected chi connectivity index (χ1v) is 25.3. The average molecular weight is 1070 g/mol. The van der Waals surface area contributed by atoms with E-state index in [1.54, 1.807) is 81.4 Å². The molecule has 2 aromatic heterocycles. The number of ether oxygens (including phenoxy) is 3. The average Bonchev–Trinajstić information content (AvgIpc) is 4.08. The van der Waals surface area contributed by atoms with Crippen molar-refractivity contribution in [2.75, 3.05) is 51.1 Å². The van der Waals surface area contributed by atoms with Gasteiger partial charge in [-0.05, 0) is 67.0 Å². The van der Waals surface area contributed by atoms with Gasteiger partial charge in [0.1, 0.15) is 36.9 Å². The van der Waals surface area contributed by atoms with E-state index in [-0.39, 0.29) is 74.8 Å². The molecule has 2 aliphatic rings. The number of fused-ring (bicyclic) bond motifs is 1. The van der Waals surface area contributed by atoms with Crippen LogP contribution in [0.1, 0.15) is 76.1 Å². The number of carbonyl (C=O) groups is 8. The number of rotatable bonds is 28. The molecule has 0 aliphatic carbocycles. The molecular weight excluding hydrogens is 1000 g/mol. The Morgan fingerprint density at radius 1 is 0.883 bits per heavy atom. The highest BCUT2D eigenvalue weighted by Crippen LogP contribution is 2.33. The molecule has 7 atom stereocenters. The Morgan fingerprint density at radius 3 is 2.23 bits per heavy atom. The van der Waals surface area contributed by atoms with E-state index in [1.165, 1.54) is 36.5 Å². The van der Waals surface area contributed by atoms with E-state index in [2.05, 4.69) is 41.5 Å². The van der Waals surface area contributed by atoms with Gasteiger partial charge in [-0.25, -0.2) is 24.5 Å². The molecule has 4 aromatic rings. The number of urea groups is 1. The summed E-state index contributed by atoms with van der Waals surface area (Å²) in [5, 5.41) is 35.4. The highest BCUT2D eigenvalue weighted by Gasteiger charge is 2.46. The predicted molar refractivity (Wildman–Crippen MR) is 278 cm³/mol. The van der Waals surface area contributed by atoms with Crippen molar-refractivity contribution < 1.29 is 62.8 Å². The van der Waals surface area contributed by atoms with E-state index < -0.39 is 73.0 Å². The number of methoxy groups -OCH3 is 1. The number of aromatic nitrogens is 4. The molecule has 0 bridgehead atoms. The molecular formula is C52H68N12O13. The zero-order valence-electron chi connectivity index (χ0n) is 43.7. The fourth-order valence-electron chi connectivity index (χ4n) is 8.90. The Hall–Kier alpha value is -8.03. The van der Waals surface area contributed by atoms with Crippen LogP contribution in [-0.4, -0.2) is 153 Å². The Bertz CT molecular complexity index is 2730. The van der Waals surface area contributed by atoms with Crippen LogP contribution in [0.15, 0.2) is 73.3 Å². The number of carbonyl (C=O) groups excluding carboxylic acids is 8. The van der Waals surface area contributed by atoms with Crippen molar-refractivity contribution in [1.29, 1.82) is 0 Å². The van der Waals surface area contributed by atoms with Crippen molar-refractivity contribution in [3.8, 4) is 5.75 Å². The Labute approximate surface area is 444 Å². The molecule has 0 radical (unpaired) electrons. The summed E-state index contributed by atoms with van der Waals surface area (Å²) < 4.78 is 18.4. The van der Waals surface area contributed by atoms with Crippen LogP contribution in [0.25, 0.3) is 11.2 Å². The third-order valence-corrected chi connectivity index (χ3v) is 13.1. The van der Waals surface area contributed by atoms with Crippen LogP contribution in [0, 0.1) is 11.8 Å². The van der Waals surface area contributed by atoms with Crippen molar-refractivity contribution in [3.63, 3.8) is 0 Å². The molecule has 4 heterocycles. The minimum atomic E-state index is -1.40. The number of unbranched alkanes of at least 4 members (excludes halogenated alkanes) is 2. The van der Waals surface area contributed by atoms with Gasteiger partial charge in [-0.15, -0.1) is 0 Å². The molecule has 25 nitrogen and oxygen atoms in total. The number of hydrogen-bond acceptors (Lipinski definition) is 17. The van der Waals surface area contributed by atoms with E-state index in [1.807, 2.05) is 0 Å². The van der Waals surface area contributed by atoms with Crippen molar-refractivity contribution in [1.82, 2.24) is 45.7 Å². The number of aliphatic hydroxyl groups excluding tert-OH is 2. The smallest absolute Gasteiger partial charge is 0.408 e. The number of anilines is 2. The Morgan fingerprint density at radius 2 is 1.58 bits per heavy atom. The molecule has 77 heavy (non-hydrogen) atoms. The van der Waals surface area contributed by atoms with E-state index in [0.29, 0.717) is 65.2 Å². The molecule has 2 aliphatic heterocycles. The zero-order chi connectivity index (χ0) is 55.8. The first-order valence-electron chi connectivity index (χ1n) is 25.3. The normalized spacial score (nSPS) is 18.2. The second-order valence-electron chi connectivity index (χ2n) is 19.3. The largest absolute Gasteiger partial charge is 0.497 e. The van der Waals surface area contributed by atoms with E-state index in [9.17, 15) is 48.6 Å². The molecule has 9 N–H and O–H groups in total. The quantitative estimate of drug-likeness (QED) is 0.0297. The number of nitrogens with two attached hydrogens (primary N) is 1. The summed E-state index contributed by atoms with van der Waals surface area (Å²) in [6, 6.07) is 9.22. The first kappa shape index (κ1) is 58.2. The molecule has 0 unspecified atom stereocenters. The Balaban J connectivity index is 1.05. The number of benzene rings is 2. The summed E-state index contributed by atoms with van der Waals surface area (Å²) in [6.07, 6.45) is 2.65. The van der Waals surface area contributed by atoms with Gasteiger partial charge in [0, 0.05) is 70.2 Å². The number of alkyl carbamates (subject to hydrolysis) is 1. The number of nitrogens with one attached hydrogen (secondary N) is 5. The van der Waals surface area contributed by atoms with Crippen molar-refractivity contribution >= 4 is 70.1 Å². The second kappa shape index (κ2) is 27.7. The van der Waals surface area contributed by atoms with Crippen LogP contribution in [0.4, 0.5) is 21.1 Å². The number of aliphatic hydroxyl groups is 2. The van der Waals surface area contributed by atoms with Crippen molar-refractivity contribution in [2.45, 2.75) is 108 Å². The van der Waals surface area contributed by atoms with Crippen LogP contribution in [0.3, 0.4) is 0 Å². The lowest BCUT2D eigenvalue weighted by atomic mass is 9.89. The number of imidazole rings is 1. The van der Waals surface area contributed by atoms with Crippen LogP contribution in [-0.2, 0) is 51.3 Å². The number of imide groups is 1. The summed E-state index contributed by atoms with van der Waals surface area (Å²) in [6.45, 7) is 3.15. The highest BCUT2D eigenvalue weighted by molar-refractivity contribution is 6.12. The van der Waals surface area contributed by atoms with Crippen molar-refractivity contribution in [3.05, 3.63) is 84.5 Å². The minimum Gasteiger partial charge on any atom is -0.497 e. The van der Waals surface area contributed by atoms with Gasteiger partial charge in [-0.1, -0.05) is 44.5 Å². The Kier molecular flexibility index (Phi) is 20.9. The lowest BCUT2D eigenvalue weighted by molar-refractivity contribution is -0.137. The SMILES string of the molecule is COc1ccc(C[C@H](NC(=O)OCc2ccc(NC(=O)[C@H](CCCNC(N)=O)CC(=O)[C@@H](NC(=O)CCCCCN3C(=O)C=CC3=O)C(C)C)cc2)C(=O)N[C@H]2[C@@H](O)[C@H](n3cnc4c(N(C)C)ncnc43)O[C@@H]2CO)cc1. The number of hydrogen-bond donors (Lipinski definition) is 8. The molecule has 1 fully saturated rings. The number of nitrogens with zero attached hydrogens (tertiary/aromatic N) is 6. The van der Waals surface area contributed by atoms with Gasteiger partial charge in [0.15, 0.2) is 29.0 Å². The summed E-state index contributed by atoms with van der Waals surface area (Å²) in [5.41, 5.74) is 7.56. The van der Waals surface area contributed by atoms with E-state index in [0.717, 1.165) is 4.90 Å². The first-order chi connectivity index (χ1) is 36.9. The predicted octanol–water partition coefficient (Wildman–Crippen LogP) is 1.76. The summed E-state index contributed by atoms with van der Waals surface area (Å²) in [7, 11) is 5.10. The van der Waals surface area contributed by atoms with E-state index >= 15 is 0 Å². The van der Waals surface area contributed by atoms with Gasteiger partial charge in [-0.2, -0.15) is 0 Å². The number of ketones is 1. The third kappa shape index (κ3) is 16.0. The van der Waals surface area contributed by atoms with Crippen LogP contribution >= 0.6 is 0 Å². The highest BCUT2D eigenvalue weighted by atomic mass is 16.6. The molecule has 0 saturated carbocycles. The maximum atomic E-state index is 14.1.